The first kappa shape index (κ1) is 768. The van der Waals surface area contributed by atoms with Gasteiger partial charge >= 0.3 is 68.3 Å². The molecule has 0 bridgehead atoms. The molecule has 0 unspecified atom stereocenters. The number of hydrogen-bond acceptors (Lipinski definition) is 12. The van der Waals surface area contributed by atoms with Crippen LogP contribution >= 0.6 is 0 Å². The van der Waals surface area contributed by atoms with Gasteiger partial charge in [0.15, 0.2) is 0 Å². The molecule has 19 heteroatoms. The Balaban J connectivity index is 0. The molecule has 0 saturated carbocycles. The molecule has 0 rings (SSSR count). The van der Waals surface area contributed by atoms with Crippen molar-refractivity contribution in [2.45, 2.75) is 0 Å². The minimum Gasteiger partial charge on any atom is -0.870 e. The van der Waals surface area contributed by atoms with E-state index in [1.54, 1.807) is 0 Å². The predicted octanol–water partition coefficient (Wildman–Crippen LogP) is -2.14. The normalized spacial score (nSPS) is 0. The third-order valence-corrected chi connectivity index (χ3v) is 0. The van der Waals surface area contributed by atoms with Crippen LogP contribution in [0.15, 0.2) is 0 Å². The third-order valence-electron chi connectivity index (χ3n) is 0. The van der Waals surface area contributed by atoms with Gasteiger partial charge in [0, 0.05) is 65.2 Å². The van der Waals surface area contributed by atoms with Crippen LogP contribution in [-0.2, 0) is 133 Å². The summed E-state index contributed by atoms with van der Waals surface area (Å²) in [5, 5.41) is 0. The van der Waals surface area contributed by atoms with E-state index >= 15 is 0 Å². The van der Waals surface area contributed by atoms with E-state index in [9.17, 15) is 0 Å². The molecule has 0 aliphatic heterocycles. The molecule has 0 aromatic carbocycles. The maximum absolute atomic E-state index is 0. The van der Waals surface area contributed by atoms with Crippen LogP contribution in [0.3, 0.4) is 0 Å². The Hall–Kier alpha value is 3.74. The molecule has 4 radical (unpaired) electrons. The summed E-state index contributed by atoms with van der Waals surface area (Å²) in [6, 6.07) is 0. The van der Waals surface area contributed by atoms with Crippen molar-refractivity contribution in [3.63, 3.8) is 0 Å². The third kappa shape index (κ3) is 605. The van der Waals surface area contributed by atoms with E-state index < -0.39 is 0 Å². The average molecular weight is 571 g/mol. The minimum absolute atomic E-state index is 0. The van der Waals surface area contributed by atoms with Gasteiger partial charge in [-0.2, -0.15) is 0 Å². The van der Waals surface area contributed by atoms with Crippen molar-refractivity contribution in [1.82, 2.24) is 0 Å². The van der Waals surface area contributed by atoms with Crippen molar-refractivity contribution in [3.8, 4) is 0 Å². The Morgan fingerprint density at radius 1 is 0.158 bits per heavy atom. The van der Waals surface area contributed by atoms with Gasteiger partial charge in [-0.15, -0.1) is 0 Å². The van der Waals surface area contributed by atoms with Gasteiger partial charge in [-0.05, 0) is 0 Å². The number of rotatable bonds is 0. The molecule has 128 valence electrons. The van der Waals surface area contributed by atoms with Crippen molar-refractivity contribution in [3.05, 3.63) is 0 Å². The van der Waals surface area contributed by atoms with Crippen LogP contribution in [0, 0.1) is 0 Å². The van der Waals surface area contributed by atoms with Gasteiger partial charge < -0.3 is 65.7 Å². The van der Waals surface area contributed by atoms with Crippen LogP contribution in [0.4, 0.5) is 0 Å². The van der Waals surface area contributed by atoms with Crippen LogP contribution in [0.1, 0.15) is 0 Å². The Morgan fingerprint density at radius 3 is 0.158 bits per heavy atom. The molecule has 19 heavy (non-hydrogen) atoms. The fourth-order valence-electron chi connectivity index (χ4n) is 0. The Bertz CT molecular complexity index is 24.9. The Labute approximate surface area is 197 Å². The van der Waals surface area contributed by atoms with Gasteiger partial charge in [0.05, 0.1) is 0 Å². The first-order chi connectivity index (χ1) is 0. The van der Waals surface area contributed by atoms with Crippen LogP contribution in [0.2, 0.25) is 0 Å². The monoisotopic (exact) mass is 572 g/mol. The fraction of sp³-hybridized carbons (Fsp3) is 0. The molecule has 0 atom stereocenters. The summed E-state index contributed by atoms with van der Waals surface area (Å²) in [6.07, 6.45) is 0. The fourth-order valence-corrected chi connectivity index (χ4v) is 0. The first-order valence-electron chi connectivity index (χ1n) is 0. The predicted molar refractivity (Wildman–Crippen MR) is 23.2 cm³/mol. The quantitative estimate of drug-likeness (QED) is 0.281. The standard InChI is InChI=1S/4Fe.12H2O.3Ti/h;;;;12*1H2;;;/q4*+3;;;;;;;;;;;;;;;/p-12. The topological polar surface area (TPSA) is 360 Å². The second-order valence-electron chi connectivity index (χ2n) is 0. The zero-order chi connectivity index (χ0) is 0. The van der Waals surface area contributed by atoms with E-state index in [4.69, 9.17) is 0 Å². The van der Waals surface area contributed by atoms with Gasteiger partial charge in [0.25, 0.3) is 0 Å². The molecule has 0 heterocycles. The first-order valence-corrected chi connectivity index (χ1v) is 0. The van der Waals surface area contributed by atoms with Crippen molar-refractivity contribution < 1.29 is 199 Å². The minimum atomic E-state index is 0. The van der Waals surface area contributed by atoms with E-state index in [2.05, 4.69) is 0 Å². The molecule has 0 aromatic heterocycles. The van der Waals surface area contributed by atoms with Crippen LogP contribution in [0.25, 0.3) is 0 Å². The van der Waals surface area contributed by atoms with Crippen molar-refractivity contribution >= 4 is 0 Å². The summed E-state index contributed by atoms with van der Waals surface area (Å²) < 4.78 is 0. The summed E-state index contributed by atoms with van der Waals surface area (Å²) >= 11 is 0. The summed E-state index contributed by atoms with van der Waals surface area (Å²) in [5.74, 6) is 0. The van der Waals surface area contributed by atoms with E-state index in [0.29, 0.717) is 0 Å². The molecule has 0 aliphatic rings. The molecule has 12 N–H and O–H groups in total. The smallest absolute Gasteiger partial charge is 0.870 e. The van der Waals surface area contributed by atoms with E-state index in [1.165, 1.54) is 0 Å². The zero-order valence-electron chi connectivity index (χ0n) is 8.28. The maximum atomic E-state index is 0. The summed E-state index contributed by atoms with van der Waals surface area (Å²) in [4.78, 5) is 0. The molecular weight excluding hydrogens is 559 g/mol. The SMILES string of the molecule is [Fe+3].[Fe+3].[Fe+3].[Fe+3].[OH-].[OH-].[OH-].[OH-].[OH-].[OH-].[OH-].[OH-].[OH-].[OH-].[OH-].[OH-].[Ti].[Ti].[Ti]. The van der Waals surface area contributed by atoms with Gasteiger partial charge in [-0.3, -0.25) is 0 Å². The van der Waals surface area contributed by atoms with E-state index in [1.807, 2.05) is 0 Å². The maximum Gasteiger partial charge on any atom is 3.00 e. The zero-order valence-corrected chi connectivity index (χ0v) is 17.4. The van der Waals surface area contributed by atoms with Crippen molar-refractivity contribution in [2.75, 3.05) is 0 Å². The second kappa shape index (κ2) is 668. The summed E-state index contributed by atoms with van der Waals surface area (Å²) in [6.45, 7) is 0. The molecule has 0 fully saturated rings. The van der Waals surface area contributed by atoms with Gasteiger partial charge in [0.2, 0.25) is 0 Å². The van der Waals surface area contributed by atoms with Crippen molar-refractivity contribution in [2.24, 2.45) is 0 Å². The largest absolute Gasteiger partial charge is 3.00 e. The molecule has 0 aliphatic carbocycles. The van der Waals surface area contributed by atoms with Gasteiger partial charge in [-0.25, -0.2) is 0 Å². The summed E-state index contributed by atoms with van der Waals surface area (Å²) in [5.41, 5.74) is 0. The summed E-state index contributed by atoms with van der Waals surface area (Å²) in [7, 11) is 0. The van der Waals surface area contributed by atoms with Gasteiger partial charge in [0.1, 0.15) is 0 Å². The molecule has 0 amide bonds. The van der Waals surface area contributed by atoms with E-state index in [0.717, 1.165) is 0 Å². The van der Waals surface area contributed by atoms with E-state index in [-0.39, 0.29) is 199 Å². The van der Waals surface area contributed by atoms with Crippen LogP contribution < -0.4 is 0 Å². The Morgan fingerprint density at radius 2 is 0.158 bits per heavy atom. The molecule has 0 saturated heterocycles. The van der Waals surface area contributed by atoms with Crippen molar-refractivity contribution in [1.29, 1.82) is 0 Å². The molecular formula is H12Fe4O12Ti3. The average Bonchev–Trinajstić information content (AvgIpc) is 0. The second-order valence-corrected chi connectivity index (χ2v) is 0. The van der Waals surface area contributed by atoms with Crippen LogP contribution in [0.5, 0.6) is 0 Å². The molecule has 0 aromatic rings. The Kier molecular flexibility index (Phi) is 27000. The molecule has 0 spiro atoms. The number of hydrogen-bond donors (Lipinski definition) is 0. The van der Waals surface area contributed by atoms with Gasteiger partial charge in [-0.1, -0.05) is 0 Å². The van der Waals surface area contributed by atoms with Crippen LogP contribution in [-0.4, -0.2) is 65.7 Å². The molecule has 12 nitrogen and oxygen atoms in total.